The van der Waals surface area contributed by atoms with Gasteiger partial charge in [0.15, 0.2) is 0 Å². The molecule has 0 spiro atoms. The summed E-state index contributed by atoms with van der Waals surface area (Å²) in [7, 11) is 4.07. The molecule has 21 heavy (non-hydrogen) atoms. The highest BCUT2D eigenvalue weighted by molar-refractivity contribution is 5.80. The van der Waals surface area contributed by atoms with Crippen molar-refractivity contribution in [3.8, 4) is 0 Å². The summed E-state index contributed by atoms with van der Waals surface area (Å²) in [6.07, 6.45) is 10.0. The molecular weight excluding hydrogens is 264 g/mol. The van der Waals surface area contributed by atoms with Gasteiger partial charge in [0.25, 0.3) is 0 Å². The molecule has 0 amide bonds. The van der Waals surface area contributed by atoms with Gasteiger partial charge in [-0.2, -0.15) is 0 Å². The van der Waals surface area contributed by atoms with Crippen LogP contribution in [0, 0.1) is 0 Å². The maximum Gasteiger partial charge on any atom is 0.326 e. The van der Waals surface area contributed by atoms with Crippen LogP contribution in [0.25, 0.3) is 0 Å². The Kier molecular flexibility index (Phi) is 8.27. The van der Waals surface area contributed by atoms with Crippen molar-refractivity contribution < 1.29 is 9.53 Å². The molecule has 0 aromatic rings. The summed E-state index contributed by atoms with van der Waals surface area (Å²) < 4.78 is 5.17. The molecule has 0 heterocycles. The molecule has 1 fully saturated rings. The first-order valence-electron chi connectivity index (χ1n) is 8.60. The van der Waals surface area contributed by atoms with E-state index in [4.69, 9.17) is 4.74 Å². The van der Waals surface area contributed by atoms with Crippen LogP contribution in [0.15, 0.2) is 0 Å². The van der Waals surface area contributed by atoms with E-state index in [0.717, 1.165) is 25.4 Å². The topological polar surface area (TPSA) is 41.6 Å². The van der Waals surface area contributed by atoms with Gasteiger partial charge in [-0.1, -0.05) is 25.7 Å². The van der Waals surface area contributed by atoms with Crippen molar-refractivity contribution in [3.05, 3.63) is 0 Å². The number of hydrogen-bond donors (Lipinski definition) is 1. The van der Waals surface area contributed by atoms with E-state index in [9.17, 15) is 4.79 Å². The van der Waals surface area contributed by atoms with Gasteiger partial charge in [-0.05, 0) is 60.2 Å². The number of nitrogens with one attached hydrogen (secondary N) is 1. The lowest BCUT2D eigenvalue weighted by molar-refractivity contribution is -0.150. The quantitative estimate of drug-likeness (QED) is 0.552. The van der Waals surface area contributed by atoms with E-state index in [1.165, 1.54) is 38.5 Å². The predicted molar refractivity (Wildman–Crippen MR) is 87.5 cm³/mol. The van der Waals surface area contributed by atoms with Gasteiger partial charge in [0.1, 0.15) is 5.54 Å². The molecule has 1 unspecified atom stereocenters. The molecule has 1 aliphatic rings. The molecule has 0 saturated heterocycles. The zero-order valence-corrected chi connectivity index (χ0v) is 14.4. The normalized spacial score (nSPS) is 20.0. The van der Waals surface area contributed by atoms with Crippen molar-refractivity contribution in [1.29, 1.82) is 0 Å². The monoisotopic (exact) mass is 298 g/mol. The Balaban J connectivity index is 2.37. The third-order valence-corrected chi connectivity index (χ3v) is 4.91. The third kappa shape index (κ3) is 5.95. The number of likely N-dealkylation sites (N-methyl/N-ethyl adjacent to an activating group) is 1. The lowest BCUT2D eigenvalue weighted by atomic mass is 9.95. The standard InChI is InChI=1S/C17H34N2O2/c1-5-21-16(20)17(2,18-3)13-10-14-19(4)15-11-8-6-7-9-12-15/h15,18H,5-14H2,1-4H3. The van der Waals surface area contributed by atoms with Crippen LogP contribution in [-0.2, 0) is 9.53 Å². The number of esters is 1. The van der Waals surface area contributed by atoms with Gasteiger partial charge >= 0.3 is 5.97 Å². The SMILES string of the molecule is CCOC(=O)C(C)(CCCN(C)C1CCCCCC1)NC. The number of nitrogens with zero attached hydrogens (tertiary/aromatic N) is 1. The second-order valence-corrected chi connectivity index (χ2v) is 6.53. The van der Waals surface area contributed by atoms with Gasteiger partial charge in [-0.15, -0.1) is 0 Å². The van der Waals surface area contributed by atoms with Crippen molar-refractivity contribution in [3.63, 3.8) is 0 Å². The predicted octanol–water partition coefficient (Wildman–Crippen LogP) is 2.96. The Labute approximate surface area is 130 Å². The molecule has 0 aromatic carbocycles. The molecule has 0 bridgehead atoms. The van der Waals surface area contributed by atoms with E-state index in [0.29, 0.717) is 6.61 Å². The molecule has 0 aromatic heterocycles. The molecule has 1 N–H and O–H groups in total. The fourth-order valence-electron chi connectivity index (χ4n) is 3.18. The second-order valence-electron chi connectivity index (χ2n) is 6.53. The van der Waals surface area contributed by atoms with Gasteiger partial charge in [-0.3, -0.25) is 4.79 Å². The Morgan fingerprint density at radius 3 is 2.43 bits per heavy atom. The Bertz CT molecular complexity index is 301. The fourth-order valence-corrected chi connectivity index (χ4v) is 3.18. The molecule has 1 saturated carbocycles. The van der Waals surface area contributed by atoms with Crippen molar-refractivity contribution in [2.75, 3.05) is 27.2 Å². The summed E-state index contributed by atoms with van der Waals surface area (Å²) in [5, 5.41) is 3.13. The second kappa shape index (κ2) is 9.42. The zero-order valence-electron chi connectivity index (χ0n) is 14.4. The van der Waals surface area contributed by atoms with Crippen LogP contribution in [0.5, 0.6) is 0 Å². The van der Waals surface area contributed by atoms with Gasteiger partial charge in [0.05, 0.1) is 6.61 Å². The number of carbonyl (C=O) groups is 1. The molecule has 0 radical (unpaired) electrons. The van der Waals surface area contributed by atoms with Gasteiger partial charge in [0, 0.05) is 6.04 Å². The number of carbonyl (C=O) groups excluding carboxylic acids is 1. The van der Waals surface area contributed by atoms with Crippen LogP contribution < -0.4 is 5.32 Å². The highest BCUT2D eigenvalue weighted by atomic mass is 16.5. The highest BCUT2D eigenvalue weighted by Gasteiger charge is 2.32. The average molecular weight is 298 g/mol. The van der Waals surface area contributed by atoms with E-state index >= 15 is 0 Å². The Morgan fingerprint density at radius 1 is 1.29 bits per heavy atom. The van der Waals surface area contributed by atoms with Gasteiger partial charge < -0.3 is 15.0 Å². The highest BCUT2D eigenvalue weighted by Crippen LogP contribution is 2.22. The van der Waals surface area contributed by atoms with E-state index in [-0.39, 0.29) is 5.97 Å². The average Bonchev–Trinajstić information content (AvgIpc) is 2.76. The number of ether oxygens (including phenoxy) is 1. The van der Waals surface area contributed by atoms with Crippen molar-refractivity contribution in [2.45, 2.75) is 76.8 Å². The van der Waals surface area contributed by atoms with Crippen LogP contribution in [0.2, 0.25) is 0 Å². The van der Waals surface area contributed by atoms with Crippen molar-refractivity contribution >= 4 is 5.97 Å². The largest absolute Gasteiger partial charge is 0.465 e. The van der Waals surface area contributed by atoms with Gasteiger partial charge in [-0.25, -0.2) is 0 Å². The summed E-state index contributed by atoms with van der Waals surface area (Å²) in [6, 6.07) is 0.732. The van der Waals surface area contributed by atoms with Crippen LogP contribution in [0.4, 0.5) is 0 Å². The Hall–Kier alpha value is -0.610. The summed E-state index contributed by atoms with van der Waals surface area (Å²) in [4.78, 5) is 14.5. The minimum absolute atomic E-state index is 0.135. The van der Waals surface area contributed by atoms with Crippen LogP contribution >= 0.6 is 0 Å². The van der Waals surface area contributed by atoms with Crippen molar-refractivity contribution in [2.24, 2.45) is 0 Å². The zero-order chi connectivity index (χ0) is 15.7. The molecular formula is C17H34N2O2. The fraction of sp³-hybridized carbons (Fsp3) is 0.941. The van der Waals surface area contributed by atoms with E-state index in [2.05, 4.69) is 17.3 Å². The molecule has 4 nitrogen and oxygen atoms in total. The van der Waals surface area contributed by atoms with E-state index in [1.807, 2.05) is 20.9 Å². The Morgan fingerprint density at radius 2 is 1.90 bits per heavy atom. The van der Waals surface area contributed by atoms with Crippen LogP contribution in [0.3, 0.4) is 0 Å². The van der Waals surface area contributed by atoms with E-state index in [1.54, 1.807) is 0 Å². The lowest BCUT2D eigenvalue weighted by Gasteiger charge is -2.30. The summed E-state index contributed by atoms with van der Waals surface area (Å²) >= 11 is 0. The molecule has 1 aliphatic carbocycles. The number of rotatable bonds is 8. The molecule has 0 aliphatic heterocycles. The molecule has 124 valence electrons. The first kappa shape index (κ1) is 18.4. The van der Waals surface area contributed by atoms with Crippen LogP contribution in [-0.4, -0.2) is 49.7 Å². The smallest absolute Gasteiger partial charge is 0.326 e. The first-order valence-corrected chi connectivity index (χ1v) is 8.60. The summed E-state index contributed by atoms with van der Waals surface area (Å²) in [6.45, 7) is 5.30. The maximum atomic E-state index is 12.0. The minimum atomic E-state index is -0.555. The van der Waals surface area contributed by atoms with Crippen molar-refractivity contribution in [1.82, 2.24) is 10.2 Å². The summed E-state index contributed by atoms with van der Waals surface area (Å²) in [5.41, 5.74) is -0.555. The third-order valence-electron chi connectivity index (χ3n) is 4.91. The van der Waals surface area contributed by atoms with Gasteiger partial charge in [0.2, 0.25) is 0 Å². The summed E-state index contributed by atoms with van der Waals surface area (Å²) in [5.74, 6) is -0.135. The molecule has 1 rings (SSSR count). The lowest BCUT2D eigenvalue weighted by Crippen LogP contribution is -2.49. The number of hydrogen-bond acceptors (Lipinski definition) is 4. The molecule has 1 atom stereocenters. The van der Waals surface area contributed by atoms with E-state index < -0.39 is 5.54 Å². The maximum absolute atomic E-state index is 12.0. The minimum Gasteiger partial charge on any atom is -0.465 e. The first-order chi connectivity index (χ1) is 10.0. The molecule has 4 heteroatoms. The van der Waals surface area contributed by atoms with Crippen LogP contribution in [0.1, 0.15) is 65.2 Å².